The van der Waals surface area contributed by atoms with Gasteiger partial charge in [0, 0.05) is 23.9 Å². The molecule has 0 saturated carbocycles. The minimum absolute atomic E-state index is 0.0731. The smallest absolute Gasteiger partial charge is 0.327 e. The first-order valence-electron chi connectivity index (χ1n) is 8.72. The number of hydrogen-bond acceptors (Lipinski definition) is 2. The van der Waals surface area contributed by atoms with Crippen molar-refractivity contribution in [2.45, 2.75) is 33.0 Å². The Bertz CT molecular complexity index is 1070. The monoisotopic (exact) mass is 406 g/mol. The molecular weight excluding hydrogens is 389 g/mol. The highest BCUT2D eigenvalue weighted by Gasteiger charge is 2.34. The molecule has 0 N–H and O–H groups in total. The highest BCUT2D eigenvalue weighted by Crippen LogP contribution is 2.39. The normalized spacial score (nSPS) is 11.6. The van der Waals surface area contributed by atoms with Crippen LogP contribution in [0.4, 0.5) is 13.2 Å². The molecule has 0 aliphatic heterocycles. The number of halogens is 4. The van der Waals surface area contributed by atoms with E-state index in [1.165, 1.54) is 12.1 Å². The molecule has 0 spiro atoms. The molecule has 0 aliphatic carbocycles. The molecule has 3 nitrogen and oxygen atoms in total. The van der Waals surface area contributed by atoms with E-state index in [1.54, 1.807) is 10.8 Å². The minimum Gasteiger partial charge on any atom is -0.327 e. The van der Waals surface area contributed by atoms with Crippen LogP contribution in [-0.2, 0) is 19.1 Å². The summed E-state index contributed by atoms with van der Waals surface area (Å²) in [4.78, 5) is 16.4. The lowest BCUT2D eigenvalue weighted by atomic mass is 10.1. The molecule has 0 saturated heterocycles. The molecule has 7 heteroatoms. The van der Waals surface area contributed by atoms with Crippen LogP contribution >= 0.6 is 11.6 Å². The van der Waals surface area contributed by atoms with Gasteiger partial charge < -0.3 is 4.57 Å². The molecular formula is C21H18ClF3N2O. The van der Waals surface area contributed by atoms with Gasteiger partial charge in [0.1, 0.15) is 5.82 Å². The first-order chi connectivity index (χ1) is 13.2. The Morgan fingerprint density at radius 1 is 1.14 bits per heavy atom. The van der Waals surface area contributed by atoms with E-state index in [4.69, 9.17) is 11.6 Å². The summed E-state index contributed by atoms with van der Waals surface area (Å²) in [5, 5.41) is -0.468. The van der Waals surface area contributed by atoms with Crippen molar-refractivity contribution in [1.82, 2.24) is 9.55 Å². The number of aryl methyl sites for hydroxylation is 2. The van der Waals surface area contributed by atoms with Crippen LogP contribution < -0.4 is 5.56 Å². The van der Waals surface area contributed by atoms with Gasteiger partial charge in [-0.05, 0) is 31.0 Å². The van der Waals surface area contributed by atoms with Gasteiger partial charge in [-0.2, -0.15) is 18.2 Å². The average molecular weight is 407 g/mol. The molecule has 1 aromatic heterocycles. The van der Waals surface area contributed by atoms with E-state index in [-0.39, 0.29) is 11.4 Å². The zero-order chi connectivity index (χ0) is 20.5. The van der Waals surface area contributed by atoms with Gasteiger partial charge in [-0.1, -0.05) is 54.4 Å². The minimum atomic E-state index is -4.60. The third-order valence-corrected chi connectivity index (χ3v) is 4.83. The molecule has 28 heavy (non-hydrogen) atoms. The van der Waals surface area contributed by atoms with Crippen molar-refractivity contribution < 1.29 is 13.2 Å². The Kier molecular flexibility index (Phi) is 5.61. The molecule has 0 fully saturated rings. The Morgan fingerprint density at radius 2 is 1.86 bits per heavy atom. The maximum absolute atomic E-state index is 13.3. The predicted octanol–water partition coefficient (Wildman–Crippen LogP) is 5.50. The van der Waals surface area contributed by atoms with E-state index >= 15 is 0 Å². The number of alkyl halides is 3. The second kappa shape index (κ2) is 7.80. The molecule has 3 aromatic rings. The fourth-order valence-corrected chi connectivity index (χ4v) is 3.36. The summed E-state index contributed by atoms with van der Waals surface area (Å²) in [6.07, 6.45) is -2.49. The predicted molar refractivity (Wildman–Crippen MR) is 104 cm³/mol. The van der Waals surface area contributed by atoms with E-state index < -0.39 is 22.3 Å². The van der Waals surface area contributed by atoms with E-state index in [2.05, 4.69) is 4.98 Å². The van der Waals surface area contributed by atoms with Gasteiger partial charge in [-0.25, -0.2) is 0 Å². The van der Waals surface area contributed by atoms with Crippen molar-refractivity contribution in [1.29, 1.82) is 0 Å². The van der Waals surface area contributed by atoms with Crippen LogP contribution in [0.15, 0.2) is 53.5 Å². The van der Waals surface area contributed by atoms with Crippen molar-refractivity contribution in [2.24, 2.45) is 0 Å². The average Bonchev–Trinajstić information content (AvgIpc) is 2.62. The zero-order valence-corrected chi connectivity index (χ0v) is 16.1. The highest BCUT2D eigenvalue weighted by molar-refractivity contribution is 6.34. The second-order valence-corrected chi connectivity index (χ2v) is 6.91. The van der Waals surface area contributed by atoms with E-state index in [0.29, 0.717) is 18.5 Å². The Morgan fingerprint density at radius 3 is 2.50 bits per heavy atom. The molecule has 146 valence electrons. The van der Waals surface area contributed by atoms with Crippen molar-refractivity contribution >= 4 is 11.6 Å². The lowest BCUT2D eigenvalue weighted by Crippen LogP contribution is -2.20. The maximum atomic E-state index is 13.3. The molecule has 0 aliphatic rings. The number of hydrogen-bond donors (Lipinski definition) is 0. The lowest BCUT2D eigenvalue weighted by molar-refractivity contribution is -0.137. The van der Waals surface area contributed by atoms with E-state index in [1.807, 2.05) is 38.1 Å². The number of aromatic nitrogens is 2. The molecule has 3 rings (SSSR count). The van der Waals surface area contributed by atoms with E-state index in [9.17, 15) is 18.0 Å². The molecule has 0 radical (unpaired) electrons. The van der Waals surface area contributed by atoms with Crippen LogP contribution in [0.1, 0.15) is 29.2 Å². The summed E-state index contributed by atoms with van der Waals surface area (Å²) in [5.41, 5.74) is 1.13. The SMILES string of the molecule is CCc1cn(Cc2cccc(C)c2)c(-c2cccc(C(F)(F)F)c2Cl)nc1=O. The summed E-state index contributed by atoms with van der Waals surface area (Å²) in [5.74, 6) is 0.111. The second-order valence-electron chi connectivity index (χ2n) is 6.53. The van der Waals surface area contributed by atoms with Gasteiger partial charge >= 0.3 is 6.18 Å². The zero-order valence-electron chi connectivity index (χ0n) is 15.3. The quantitative estimate of drug-likeness (QED) is 0.573. The Balaban J connectivity index is 2.21. The van der Waals surface area contributed by atoms with Crippen molar-refractivity contribution in [3.63, 3.8) is 0 Å². The molecule has 2 aromatic carbocycles. The van der Waals surface area contributed by atoms with Gasteiger partial charge in [0.2, 0.25) is 0 Å². The third-order valence-electron chi connectivity index (χ3n) is 4.43. The van der Waals surface area contributed by atoms with Gasteiger partial charge in [-0.15, -0.1) is 0 Å². The Labute approximate surface area is 165 Å². The highest BCUT2D eigenvalue weighted by atomic mass is 35.5. The van der Waals surface area contributed by atoms with Crippen LogP contribution in [0.2, 0.25) is 5.02 Å². The van der Waals surface area contributed by atoms with Crippen LogP contribution in [0.3, 0.4) is 0 Å². The van der Waals surface area contributed by atoms with Crippen molar-refractivity contribution in [3.05, 3.63) is 86.3 Å². The van der Waals surface area contributed by atoms with Crippen LogP contribution in [0, 0.1) is 6.92 Å². The van der Waals surface area contributed by atoms with Gasteiger partial charge in [-0.3, -0.25) is 4.79 Å². The standard InChI is InChI=1S/C21H18ClF3N2O/c1-3-15-12-27(11-14-7-4-6-13(2)10-14)19(26-20(15)28)16-8-5-9-17(18(16)22)21(23,24)25/h4-10,12H,3,11H2,1-2H3. The van der Waals surface area contributed by atoms with Gasteiger partial charge in [0.05, 0.1) is 10.6 Å². The molecule has 0 bridgehead atoms. The fourth-order valence-electron chi connectivity index (χ4n) is 3.05. The number of benzene rings is 2. The summed E-state index contributed by atoms with van der Waals surface area (Å²) in [6, 6.07) is 11.4. The molecule has 0 amide bonds. The fraction of sp³-hybridized carbons (Fsp3) is 0.238. The van der Waals surface area contributed by atoms with Crippen molar-refractivity contribution in [2.75, 3.05) is 0 Å². The molecule has 0 atom stereocenters. The molecule has 1 heterocycles. The van der Waals surface area contributed by atoms with Gasteiger partial charge in [0.15, 0.2) is 0 Å². The van der Waals surface area contributed by atoms with Gasteiger partial charge in [0.25, 0.3) is 5.56 Å². The largest absolute Gasteiger partial charge is 0.417 e. The summed E-state index contributed by atoms with van der Waals surface area (Å²) < 4.78 is 41.5. The summed E-state index contributed by atoms with van der Waals surface area (Å²) >= 11 is 6.08. The Hall–Kier alpha value is -2.60. The topological polar surface area (TPSA) is 34.9 Å². The molecule has 0 unspecified atom stereocenters. The number of rotatable bonds is 4. The lowest BCUT2D eigenvalue weighted by Gasteiger charge is -2.17. The van der Waals surface area contributed by atoms with Crippen LogP contribution in [-0.4, -0.2) is 9.55 Å². The maximum Gasteiger partial charge on any atom is 0.417 e. The third kappa shape index (κ3) is 4.12. The van der Waals surface area contributed by atoms with Crippen LogP contribution in [0.5, 0.6) is 0 Å². The summed E-state index contributed by atoms with van der Waals surface area (Å²) in [6.45, 7) is 4.13. The van der Waals surface area contributed by atoms with E-state index in [0.717, 1.165) is 17.2 Å². The van der Waals surface area contributed by atoms with Crippen molar-refractivity contribution in [3.8, 4) is 11.4 Å². The first-order valence-corrected chi connectivity index (χ1v) is 9.10. The summed E-state index contributed by atoms with van der Waals surface area (Å²) in [7, 11) is 0. The van der Waals surface area contributed by atoms with Crippen LogP contribution in [0.25, 0.3) is 11.4 Å². The first kappa shape index (κ1) is 20.1. The number of nitrogens with zero attached hydrogens (tertiary/aromatic N) is 2.